The minimum Gasteiger partial charge on any atom is -0.477 e. The first-order valence-electron chi connectivity index (χ1n) is 42.3. The number of thiophene rings is 3. The number of carbonyl (C=O) groups is 1. The third kappa shape index (κ3) is 32.8. The summed E-state index contributed by atoms with van der Waals surface area (Å²) in [7, 11) is 0. The number of benzene rings is 11. The number of carboxylic acids is 1. The van der Waals surface area contributed by atoms with Crippen LogP contribution in [0.5, 0.6) is 0 Å². The summed E-state index contributed by atoms with van der Waals surface area (Å²) in [4.78, 5) is 55.6. The molecule has 0 saturated heterocycles. The van der Waals surface area contributed by atoms with Crippen molar-refractivity contribution < 1.29 is 119 Å². The summed E-state index contributed by atoms with van der Waals surface area (Å²) in [5.74, 6) is -2.28. The number of para-hydroxylation sites is 1. The summed E-state index contributed by atoms with van der Waals surface area (Å²) >= 11 is 6.92. The predicted octanol–water partition coefficient (Wildman–Crippen LogP) is 30.0. The molecule has 140 heavy (non-hydrogen) atoms. The molecule has 0 unspecified atom stereocenters. The average Bonchev–Trinajstić information content (AvgIpc) is 1.67. The summed E-state index contributed by atoms with van der Waals surface area (Å²) in [6, 6.07) is 158. The molecule has 0 bridgehead atoms. The number of nitrogens with zero attached hydrogens (tertiary/aromatic N) is 10. The molecule has 11 aromatic carbocycles. The smallest absolute Gasteiger partial charge is 0.354 e. The van der Waals surface area contributed by atoms with E-state index in [2.05, 4.69) is 189 Å². The third-order valence-corrected chi connectivity index (χ3v) is 23.5. The summed E-state index contributed by atoms with van der Waals surface area (Å²) in [5, 5.41) is 15.3. The van der Waals surface area contributed by atoms with Crippen LogP contribution < -0.4 is 0 Å². The van der Waals surface area contributed by atoms with E-state index in [9.17, 15) is 13.6 Å². The molecule has 0 aliphatic heterocycles. The summed E-state index contributed by atoms with van der Waals surface area (Å²) in [6.45, 7) is 0. The minimum atomic E-state index is -0.990. The van der Waals surface area contributed by atoms with Crippen LogP contribution in [0.2, 0.25) is 0 Å². The van der Waals surface area contributed by atoms with E-state index in [1.807, 2.05) is 292 Å². The minimum absolute atomic E-state index is 0. The molecule has 12 nitrogen and oxygen atoms in total. The van der Waals surface area contributed by atoms with Crippen LogP contribution in [0.15, 0.2) is 462 Å². The Kier molecular flexibility index (Phi) is 45.6. The molecule has 0 aliphatic rings. The number of carboxylic acid groups (broad SMARTS) is 1. The quantitative estimate of drug-likeness (QED) is 0.129. The molecule has 13 heterocycles. The van der Waals surface area contributed by atoms with Crippen molar-refractivity contribution in [3.63, 3.8) is 0 Å². The van der Waals surface area contributed by atoms with Crippen LogP contribution in [0.4, 0.5) is 8.78 Å². The Morgan fingerprint density at radius 3 is 0.957 bits per heavy atom. The largest absolute Gasteiger partial charge is 0.477 e. The van der Waals surface area contributed by atoms with Crippen molar-refractivity contribution in [1.29, 1.82) is 0 Å². The summed E-state index contributed by atoms with van der Waals surface area (Å²) in [5.41, 5.74) is 13.9. The van der Waals surface area contributed by atoms with Crippen molar-refractivity contribution in [2.24, 2.45) is 0 Å². The van der Waals surface area contributed by atoms with Gasteiger partial charge in [-0.15, -0.1) is 262 Å². The SMILES string of the molecule is Fc1c[c-]c(-c2ccccn2)c(F)c1.O=C(O)c1ccccn1.[Ir].[Ir].[Ir].[Ir].[Ir].[c-]1c(-c2ccccn2)sc2ccccc12.[c-]1c(-c2ccccn2)sc2ccccc12.[c-]1c(-c2nccc3ccccc23)sc2ccccc12.[c-]1ccccc1-c1ccccn1.[c-]1ccccc1-c1ccccn1.[c-]1ccccc1-c1ccccn1.[c-]1ccccc1-c1ccccn1.[c-]1ccccc1-c1nc2ccccc2s1. The molecule has 0 amide bonds. The van der Waals surface area contributed by atoms with Crippen LogP contribution >= 0.6 is 45.3 Å². The van der Waals surface area contributed by atoms with Crippen molar-refractivity contribution in [2.45, 2.75) is 0 Å². The number of thiazole rings is 1. The number of fused-ring (bicyclic) bond motifs is 5. The maximum absolute atomic E-state index is 13.2. The Hall–Kier alpha value is -13.6. The monoisotopic (exact) mass is 2780 g/mol. The molecule has 0 fully saturated rings. The van der Waals surface area contributed by atoms with Gasteiger partial charge in [0.2, 0.25) is 0 Å². The van der Waals surface area contributed by atoms with Crippen LogP contribution in [0.3, 0.4) is 0 Å². The molecule has 24 aromatic rings. The molecule has 23 heteroatoms. The van der Waals surface area contributed by atoms with Gasteiger partial charge in [0.1, 0.15) is 5.69 Å². The van der Waals surface area contributed by atoms with Gasteiger partial charge >= 0.3 is 5.97 Å². The number of halogens is 2. The number of hydrogen-bond acceptors (Lipinski definition) is 15. The standard InChI is InChI=1S/C17H10NS.3C13H8NS.C11H6F2N.4C11H8N.C6H5NO2.5Ir/c1-3-7-14-12(5-1)9-10-18-17(14)16-11-13-6-2-4-8-15(13)19-16;2*1-2-7-12-10(5-1)9-13(15-12)11-6-3-4-8-14-11;1-2-6-10(7-3-1)13-14-11-8-4-5-9-12(11)15-13;12-8-4-5-9(10(13)7-8)11-3-1-2-6-14-11;4*1-2-6-10(7-3-1)11-8-4-5-9-12-11;8-6(9)5-3-1-2-4-7-5;;;;;/h1-10H;2*1-8H;1-6,8-9H;1-4,6-7H;4*1-6,8-9H;1-4H,(H,8,9);;;;;/q9*-1;;;;;;. The van der Waals surface area contributed by atoms with Gasteiger partial charge in [-0.2, -0.15) is 11.3 Å². The number of aromatic carboxylic acids is 1. The Labute approximate surface area is 895 Å². The van der Waals surface area contributed by atoms with Gasteiger partial charge in [-0.3, -0.25) is 13.8 Å². The Morgan fingerprint density at radius 2 is 0.607 bits per heavy atom. The zero-order chi connectivity index (χ0) is 92.5. The number of pyridine rings is 9. The van der Waals surface area contributed by atoms with Gasteiger partial charge in [-0.25, -0.2) is 43.8 Å². The zero-order valence-corrected chi connectivity index (χ0v) is 89.0. The van der Waals surface area contributed by atoms with E-state index in [0.29, 0.717) is 5.69 Å². The van der Waals surface area contributed by atoms with Crippen LogP contribution in [-0.2, 0) is 101 Å². The normalized spacial score (nSPS) is 9.84. The van der Waals surface area contributed by atoms with Crippen molar-refractivity contribution >= 4 is 103 Å². The van der Waals surface area contributed by atoms with E-state index < -0.39 is 17.6 Å². The topological polar surface area (TPSA) is 166 Å². The number of aromatic nitrogens is 10. The Morgan fingerprint density at radius 1 is 0.279 bits per heavy atom. The molecule has 24 rings (SSSR count). The Bertz CT molecular complexity index is 6820. The Balaban J connectivity index is 0.000000160. The molecule has 699 valence electrons. The van der Waals surface area contributed by atoms with Gasteiger partial charge in [-0.1, -0.05) is 175 Å². The zero-order valence-electron chi connectivity index (χ0n) is 73.8. The molecule has 13 aromatic heterocycles. The maximum atomic E-state index is 13.2. The summed E-state index contributed by atoms with van der Waals surface area (Å²) < 4.78 is 30.8. The number of hydrogen-bond donors (Lipinski definition) is 1. The number of rotatable bonds is 10. The fourth-order valence-electron chi connectivity index (χ4n) is 12.8. The fourth-order valence-corrected chi connectivity index (χ4v) is 16.8. The van der Waals surface area contributed by atoms with E-state index in [0.717, 1.165) is 110 Å². The van der Waals surface area contributed by atoms with Gasteiger partial charge in [0.05, 0.1) is 5.52 Å². The van der Waals surface area contributed by atoms with Gasteiger partial charge in [-0.05, 0) is 141 Å². The first-order valence-corrected chi connectivity index (χ1v) is 45.6. The molecule has 0 atom stereocenters. The second-order valence-electron chi connectivity index (χ2n) is 28.5. The van der Waals surface area contributed by atoms with Crippen molar-refractivity contribution in [1.82, 2.24) is 49.8 Å². The van der Waals surface area contributed by atoms with Gasteiger partial charge in [0, 0.05) is 195 Å². The van der Waals surface area contributed by atoms with E-state index >= 15 is 0 Å². The third-order valence-electron chi connectivity index (χ3n) is 19.2. The van der Waals surface area contributed by atoms with E-state index in [1.54, 1.807) is 107 Å². The molecule has 0 aliphatic carbocycles. The first kappa shape index (κ1) is 108. The van der Waals surface area contributed by atoms with Gasteiger partial charge in [0.25, 0.3) is 0 Å². The predicted molar refractivity (Wildman–Crippen MR) is 547 cm³/mol. The van der Waals surface area contributed by atoms with Crippen LogP contribution in [0.1, 0.15) is 10.5 Å². The van der Waals surface area contributed by atoms with Gasteiger partial charge < -0.3 is 45.0 Å². The molecular formula is C117H77F2Ir5N10O2S4-9. The van der Waals surface area contributed by atoms with Crippen molar-refractivity contribution in [3.05, 3.63) is 534 Å². The average molecular weight is 2780 g/mol. The second-order valence-corrected chi connectivity index (χ2v) is 32.7. The fraction of sp³-hybridized carbons (Fsp3) is 0. The maximum Gasteiger partial charge on any atom is 0.354 e. The van der Waals surface area contributed by atoms with Crippen LogP contribution in [-0.4, -0.2) is 60.9 Å². The van der Waals surface area contributed by atoms with E-state index in [-0.39, 0.29) is 112 Å². The first-order chi connectivity index (χ1) is 66.7. The molecule has 0 saturated carbocycles. The van der Waals surface area contributed by atoms with Gasteiger partial charge in [0.15, 0.2) is 0 Å². The van der Waals surface area contributed by atoms with E-state index in [1.165, 1.54) is 52.6 Å². The molecule has 0 spiro atoms. The van der Waals surface area contributed by atoms with E-state index in [4.69, 9.17) is 5.11 Å². The van der Waals surface area contributed by atoms with Crippen molar-refractivity contribution in [2.75, 3.05) is 0 Å². The second kappa shape index (κ2) is 59.0. The van der Waals surface area contributed by atoms with Crippen LogP contribution in [0, 0.1) is 66.2 Å². The molecule has 1 N–H and O–H groups in total. The molecule has 5 radical (unpaired) electrons. The van der Waals surface area contributed by atoms with Crippen molar-refractivity contribution in [3.8, 4) is 98.6 Å². The van der Waals surface area contributed by atoms with Crippen LogP contribution in [0.25, 0.3) is 150 Å². The summed E-state index contributed by atoms with van der Waals surface area (Å²) in [6.07, 6.45) is 15.6. The molecular weight excluding hydrogens is 2700 g/mol.